The second-order valence-corrected chi connectivity index (χ2v) is 6.54. The quantitative estimate of drug-likeness (QED) is 0.710. The molecule has 0 saturated carbocycles. The number of nitrogens with zero attached hydrogens (tertiary/aromatic N) is 3. The van der Waals surface area contributed by atoms with Crippen LogP contribution in [0.4, 0.5) is 0 Å². The summed E-state index contributed by atoms with van der Waals surface area (Å²) < 4.78 is 1.24. The molecule has 1 amide bonds. The van der Waals surface area contributed by atoms with Crippen LogP contribution in [-0.4, -0.2) is 27.1 Å². The molecule has 2 aromatic carbocycles. The maximum atomic E-state index is 13.2. The van der Waals surface area contributed by atoms with Crippen LogP contribution in [-0.2, 0) is 13.6 Å². The fourth-order valence-electron chi connectivity index (χ4n) is 3.04. The summed E-state index contributed by atoms with van der Waals surface area (Å²) in [6.07, 6.45) is 0.849. The van der Waals surface area contributed by atoms with Gasteiger partial charge in [0.25, 0.3) is 11.5 Å². The molecule has 0 saturated heterocycles. The molecule has 0 unspecified atom stereocenters. The maximum Gasteiger partial charge on any atom is 0.275 e. The maximum absolute atomic E-state index is 13.2. The molecule has 0 aliphatic rings. The first kappa shape index (κ1) is 17.9. The van der Waals surface area contributed by atoms with E-state index in [9.17, 15) is 9.59 Å². The highest BCUT2D eigenvalue weighted by molar-refractivity contribution is 6.04. The van der Waals surface area contributed by atoms with E-state index in [0.29, 0.717) is 29.6 Å². The number of hydrogen-bond donors (Lipinski definition) is 0. The molecule has 1 aromatic heterocycles. The van der Waals surface area contributed by atoms with Gasteiger partial charge in [-0.2, -0.15) is 5.10 Å². The van der Waals surface area contributed by atoms with E-state index in [-0.39, 0.29) is 11.5 Å². The molecule has 26 heavy (non-hydrogen) atoms. The Labute approximate surface area is 152 Å². The van der Waals surface area contributed by atoms with E-state index in [0.717, 1.165) is 12.0 Å². The van der Waals surface area contributed by atoms with Crippen molar-refractivity contribution in [1.29, 1.82) is 0 Å². The average Bonchev–Trinajstić information content (AvgIpc) is 2.65. The topological polar surface area (TPSA) is 55.2 Å². The van der Waals surface area contributed by atoms with Crippen LogP contribution in [0.5, 0.6) is 0 Å². The van der Waals surface area contributed by atoms with Gasteiger partial charge in [0.05, 0.1) is 5.39 Å². The lowest BCUT2D eigenvalue weighted by Gasteiger charge is -2.22. The first-order valence-corrected chi connectivity index (χ1v) is 8.82. The van der Waals surface area contributed by atoms with Crippen molar-refractivity contribution >= 4 is 16.7 Å². The molecule has 0 aliphatic carbocycles. The predicted molar refractivity (Wildman–Crippen MR) is 103 cm³/mol. The number of amides is 1. The lowest BCUT2D eigenvalue weighted by molar-refractivity contribution is 0.0737. The van der Waals surface area contributed by atoms with Crippen LogP contribution in [0.3, 0.4) is 0 Å². The summed E-state index contributed by atoms with van der Waals surface area (Å²) in [5, 5.41) is 5.39. The van der Waals surface area contributed by atoms with Gasteiger partial charge in [0.2, 0.25) is 0 Å². The van der Waals surface area contributed by atoms with Crippen molar-refractivity contribution < 1.29 is 4.79 Å². The lowest BCUT2D eigenvalue weighted by Crippen LogP contribution is -2.34. The van der Waals surface area contributed by atoms with Gasteiger partial charge in [0.15, 0.2) is 5.69 Å². The van der Waals surface area contributed by atoms with Crippen LogP contribution < -0.4 is 5.56 Å². The highest BCUT2D eigenvalue weighted by Crippen LogP contribution is 2.17. The molecule has 0 atom stereocenters. The third-order valence-corrected chi connectivity index (χ3v) is 4.43. The Hall–Kier alpha value is -2.95. The molecule has 0 bridgehead atoms. The lowest BCUT2D eigenvalue weighted by atomic mass is 10.1. The van der Waals surface area contributed by atoms with E-state index in [4.69, 9.17) is 0 Å². The van der Waals surface area contributed by atoms with Gasteiger partial charge in [-0.3, -0.25) is 9.59 Å². The predicted octanol–water partition coefficient (Wildman–Crippen LogP) is 3.29. The van der Waals surface area contributed by atoms with Crippen molar-refractivity contribution in [3.63, 3.8) is 0 Å². The molecular weight excluding hydrogens is 326 g/mol. The van der Waals surface area contributed by atoms with Crippen LogP contribution in [0.2, 0.25) is 0 Å². The minimum Gasteiger partial charge on any atom is -0.333 e. The molecule has 5 heteroatoms. The Morgan fingerprint density at radius 3 is 2.38 bits per heavy atom. The zero-order valence-corrected chi connectivity index (χ0v) is 15.4. The van der Waals surface area contributed by atoms with Gasteiger partial charge in [0, 0.05) is 25.5 Å². The standard InChI is InChI=1S/C21H23N3O2/c1-4-13-24(14-16-11-9-15(2)10-12-16)21(26)19-17-7-5-6-8-18(17)20(25)23(3)22-19/h5-12H,4,13-14H2,1-3H3. The summed E-state index contributed by atoms with van der Waals surface area (Å²) in [6, 6.07) is 15.3. The molecule has 1 heterocycles. The van der Waals surface area contributed by atoms with Gasteiger partial charge < -0.3 is 4.90 Å². The number of fused-ring (bicyclic) bond motifs is 1. The summed E-state index contributed by atoms with van der Waals surface area (Å²) in [5.41, 5.74) is 2.39. The molecule has 0 radical (unpaired) electrons. The monoisotopic (exact) mass is 349 g/mol. The molecule has 0 N–H and O–H groups in total. The molecule has 3 aromatic rings. The van der Waals surface area contributed by atoms with Gasteiger partial charge in [0.1, 0.15) is 0 Å². The van der Waals surface area contributed by atoms with Crippen LogP contribution in [0, 0.1) is 6.92 Å². The largest absolute Gasteiger partial charge is 0.333 e. The summed E-state index contributed by atoms with van der Waals surface area (Å²) in [7, 11) is 1.58. The van der Waals surface area contributed by atoms with Crippen molar-refractivity contribution in [3.8, 4) is 0 Å². The number of aryl methyl sites for hydroxylation is 2. The van der Waals surface area contributed by atoms with Crippen LogP contribution in [0.15, 0.2) is 53.3 Å². The zero-order chi connectivity index (χ0) is 18.7. The van der Waals surface area contributed by atoms with Gasteiger partial charge in [-0.1, -0.05) is 55.0 Å². The molecule has 5 nitrogen and oxygen atoms in total. The second kappa shape index (κ2) is 7.52. The SMILES string of the molecule is CCCN(Cc1ccc(C)cc1)C(=O)c1nn(C)c(=O)c2ccccc12. The van der Waals surface area contributed by atoms with E-state index in [1.807, 2.05) is 44.2 Å². The number of rotatable bonds is 5. The van der Waals surface area contributed by atoms with Gasteiger partial charge >= 0.3 is 0 Å². The Bertz CT molecular complexity index is 990. The normalized spacial score (nSPS) is 10.9. The third kappa shape index (κ3) is 3.52. The average molecular weight is 349 g/mol. The minimum atomic E-state index is -0.197. The Balaban J connectivity index is 2.02. The van der Waals surface area contributed by atoms with Crippen molar-refractivity contribution in [3.05, 3.63) is 75.7 Å². The fraction of sp³-hybridized carbons (Fsp3) is 0.286. The van der Waals surface area contributed by atoms with E-state index in [1.165, 1.54) is 10.2 Å². The molecule has 0 aliphatic heterocycles. The first-order valence-electron chi connectivity index (χ1n) is 8.82. The summed E-state index contributed by atoms with van der Waals surface area (Å²) >= 11 is 0. The third-order valence-electron chi connectivity index (χ3n) is 4.43. The highest BCUT2D eigenvalue weighted by Gasteiger charge is 2.21. The molecule has 0 spiro atoms. The van der Waals surface area contributed by atoms with Crippen LogP contribution in [0.25, 0.3) is 10.8 Å². The molecule has 3 rings (SSSR count). The number of aromatic nitrogens is 2. The van der Waals surface area contributed by atoms with Crippen LogP contribution in [0.1, 0.15) is 35.0 Å². The van der Waals surface area contributed by atoms with Gasteiger partial charge in [-0.15, -0.1) is 0 Å². The fourth-order valence-corrected chi connectivity index (χ4v) is 3.04. The van der Waals surface area contributed by atoms with E-state index in [1.54, 1.807) is 30.1 Å². The Kier molecular flexibility index (Phi) is 5.16. The summed E-state index contributed by atoms with van der Waals surface area (Å²) in [6.45, 7) is 5.23. The minimum absolute atomic E-state index is 0.153. The van der Waals surface area contributed by atoms with Crippen molar-refractivity contribution in [2.75, 3.05) is 6.54 Å². The second-order valence-electron chi connectivity index (χ2n) is 6.54. The Morgan fingerprint density at radius 2 is 1.73 bits per heavy atom. The summed E-state index contributed by atoms with van der Waals surface area (Å²) in [5.74, 6) is -0.153. The number of benzene rings is 2. The van der Waals surface area contributed by atoms with E-state index >= 15 is 0 Å². The number of carbonyl (C=O) groups excluding carboxylic acids is 1. The van der Waals surface area contributed by atoms with E-state index in [2.05, 4.69) is 5.10 Å². The summed E-state index contributed by atoms with van der Waals surface area (Å²) in [4.78, 5) is 27.3. The number of carbonyl (C=O) groups is 1. The van der Waals surface area contributed by atoms with Crippen molar-refractivity contribution in [2.24, 2.45) is 7.05 Å². The molecule has 134 valence electrons. The zero-order valence-electron chi connectivity index (χ0n) is 15.4. The van der Waals surface area contributed by atoms with E-state index < -0.39 is 0 Å². The van der Waals surface area contributed by atoms with Crippen molar-refractivity contribution in [2.45, 2.75) is 26.8 Å². The molecular formula is C21H23N3O2. The highest BCUT2D eigenvalue weighted by atomic mass is 16.2. The van der Waals surface area contributed by atoms with Gasteiger partial charge in [-0.05, 0) is 25.0 Å². The number of hydrogen-bond acceptors (Lipinski definition) is 3. The first-order chi connectivity index (χ1) is 12.5. The van der Waals surface area contributed by atoms with Crippen molar-refractivity contribution in [1.82, 2.24) is 14.7 Å². The smallest absolute Gasteiger partial charge is 0.275 e. The van der Waals surface area contributed by atoms with Crippen LogP contribution >= 0.6 is 0 Å². The Morgan fingerprint density at radius 1 is 1.08 bits per heavy atom. The van der Waals surface area contributed by atoms with Gasteiger partial charge in [-0.25, -0.2) is 4.68 Å². The molecule has 0 fully saturated rings.